The summed E-state index contributed by atoms with van der Waals surface area (Å²) in [6.45, 7) is 4.06. The summed E-state index contributed by atoms with van der Waals surface area (Å²) in [5, 5.41) is 11.9. The summed E-state index contributed by atoms with van der Waals surface area (Å²) >= 11 is 0. The van der Waals surface area contributed by atoms with Crippen LogP contribution in [-0.4, -0.2) is 47.1 Å². The van der Waals surface area contributed by atoms with Gasteiger partial charge in [0, 0.05) is 7.05 Å². The molecule has 2 atom stereocenters. The Labute approximate surface area is 167 Å². The second-order valence-electron chi connectivity index (χ2n) is 6.85. The van der Waals surface area contributed by atoms with Crippen molar-refractivity contribution in [1.29, 1.82) is 0 Å². The van der Waals surface area contributed by atoms with Crippen molar-refractivity contribution in [1.82, 2.24) is 10.2 Å². The van der Waals surface area contributed by atoms with E-state index in [4.69, 9.17) is 4.74 Å². The highest BCUT2D eigenvalue weighted by Crippen LogP contribution is 2.12. The summed E-state index contributed by atoms with van der Waals surface area (Å²) in [7, 11) is 1.51. The number of carbonyl (C=O) groups is 3. The van der Waals surface area contributed by atoms with Gasteiger partial charge in [0.05, 0.1) is 0 Å². The number of unbranched alkanes of at least 4 members (excludes halogenated alkanes) is 2. The SMILES string of the molecule is CCCC[C@H](NC(=O)[C@H](CCCC)N(C)C(=O)OCc1ccccc1)C(=O)O. The smallest absolute Gasteiger partial charge is 0.410 e. The zero-order valence-corrected chi connectivity index (χ0v) is 17.0. The molecule has 0 bridgehead atoms. The maximum atomic E-state index is 12.7. The van der Waals surface area contributed by atoms with E-state index in [0.29, 0.717) is 19.3 Å². The third-order valence-electron chi connectivity index (χ3n) is 4.56. The molecule has 0 spiro atoms. The van der Waals surface area contributed by atoms with Crippen LogP contribution in [0.4, 0.5) is 4.79 Å². The molecule has 1 aromatic rings. The van der Waals surface area contributed by atoms with Gasteiger partial charge >= 0.3 is 12.1 Å². The van der Waals surface area contributed by atoms with E-state index in [9.17, 15) is 19.5 Å². The van der Waals surface area contributed by atoms with Gasteiger partial charge in [-0.05, 0) is 18.4 Å². The third kappa shape index (κ3) is 7.98. The predicted molar refractivity (Wildman–Crippen MR) is 107 cm³/mol. The second kappa shape index (κ2) is 12.8. The number of nitrogens with one attached hydrogen (secondary N) is 1. The summed E-state index contributed by atoms with van der Waals surface area (Å²) in [4.78, 5) is 37.8. The second-order valence-corrected chi connectivity index (χ2v) is 6.85. The molecule has 1 rings (SSSR count). The topological polar surface area (TPSA) is 95.9 Å². The van der Waals surface area contributed by atoms with E-state index in [1.807, 2.05) is 44.2 Å². The first-order chi connectivity index (χ1) is 13.4. The number of likely N-dealkylation sites (N-methyl/N-ethyl adjacent to an activating group) is 1. The molecule has 7 heteroatoms. The highest BCUT2D eigenvalue weighted by molar-refractivity contribution is 5.89. The molecular weight excluding hydrogens is 360 g/mol. The molecule has 0 saturated carbocycles. The van der Waals surface area contributed by atoms with Crippen molar-refractivity contribution in [3.63, 3.8) is 0 Å². The standard InChI is InChI=1S/C21H32N2O5/c1-4-6-13-17(20(25)26)22-19(24)18(14-7-5-2)23(3)21(27)28-15-16-11-9-8-10-12-16/h8-12,17-18H,4-7,13-15H2,1-3H3,(H,22,24)(H,25,26)/t17-,18-/m0/s1. The zero-order chi connectivity index (χ0) is 20.9. The van der Waals surface area contributed by atoms with Crippen LogP contribution < -0.4 is 5.32 Å². The fourth-order valence-corrected chi connectivity index (χ4v) is 2.78. The van der Waals surface area contributed by atoms with Crippen LogP contribution in [-0.2, 0) is 20.9 Å². The number of amides is 2. The number of hydrogen-bond donors (Lipinski definition) is 2. The summed E-state index contributed by atoms with van der Waals surface area (Å²) in [6.07, 6.45) is 3.33. The fraction of sp³-hybridized carbons (Fsp3) is 0.571. The van der Waals surface area contributed by atoms with Crippen LogP contribution in [0.25, 0.3) is 0 Å². The molecule has 0 saturated heterocycles. The van der Waals surface area contributed by atoms with Crippen molar-refractivity contribution in [2.75, 3.05) is 7.05 Å². The van der Waals surface area contributed by atoms with Crippen LogP contribution in [0.15, 0.2) is 30.3 Å². The summed E-state index contributed by atoms with van der Waals surface area (Å²) in [5.74, 6) is -1.53. The lowest BCUT2D eigenvalue weighted by atomic mass is 10.1. The minimum Gasteiger partial charge on any atom is -0.480 e. The fourth-order valence-electron chi connectivity index (χ4n) is 2.78. The first-order valence-electron chi connectivity index (χ1n) is 9.87. The Hall–Kier alpha value is -2.57. The van der Waals surface area contributed by atoms with Gasteiger partial charge in [0.15, 0.2) is 0 Å². The monoisotopic (exact) mass is 392 g/mol. The third-order valence-corrected chi connectivity index (χ3v) is 4.56. The van der Waals surface area contributed by atoms with Crippen molar-refractivity contribution in [3.8, 4) is 0 Å². The number of benzene rings is 1. The van der Waals surface area contributed by atoms with Gasteiger partial charge in [-0.25, -0.2) is 9.59 Å². The Bertz CT molecular complexity index is 620. The van der Waals surface area contributed by atoms with E-state index in [1.54, 1.807) is 0 Å². The van der Waals surface area contributed by atoms with E-state index >= 15 is 0 Å². The van der Waals surface area contributed by atoms with Crippen LogP contribution >= 0.6 is 0 Å². The van der Waals surface area contributed by atoms with E-state index in [2.05, 4.69) is 5.32 Å². The Morgan fingerprint density at radius 3 is 2.25 bits per heavy atom. The highest BCUT2D eigenvalue weighted by atomic mass is 16.6. The molecule has 1 aromatic carbocycles. The van der Waals surface area contributed by atoms with Crippen LogP contribution in [0.1, 0.15) is 57.9 Å². The molecule has 0 heterocycles. The van der Waals surface area contributed by atoms with Gasteiger partial charge < -0.3 is 15.2 Å². The number of aliphatic carboxylic acids is 1. The lowest BCUT2D eigenvalue weighted by Crippen LogP contribution is -2.52. The number of carboxylic acid groups (broad SMARTS) is 1. The number of rotatable bonds is 12. The Morgan fingerprint density at radius 2 is 1.68 bits per heavy atom. The molecule has 0 aliphatic carbocycles. The van der Waals surface area contributed by atoms with Crippen LogP contribution in [0.3, 0.4) is 0 Å². The molecule has 2 amide bonds. The van der Waals surface area contributed by atoms with Gasteiger partial charge in [0.2, 0.25) is 5.91 Å². The summed E-state index contributed by atoms with van der Waals surface area (Å²) in [5.41, 5.74) is 0.851. The number of carbonyl (C=O) groups excluding carboxylic acids is 2. The lowest BCUT2D eigenvalue weighted by molar-refractivity contribution is -0.142. The van der Waals surface area contributed by atoms with Crippen LogP contribution in [0.2, 0.25) is 0 Å². The van der Waals surface area contributed by atoms with E-state index in [1.165, 1.54) is 11.9 Å². The minimum absolute atomic E-state index is 0.111. The number of ether oxygens (including phenoxy) is 1. The van der Waals surface area contributed by atoms with E-state index in [-0.39, 0.29) is 6.61 Å². The van der Waals surface area contributed by atoms with Gasteiger partial charge in [-0.1, -0.05) is 69.9 Å². The number of carboxylic acids is 1. The zero-order valence-electron chi connectivity index (χ0n) is 17.0. The molecule has 7 nitrogen and oxygen atoms in total. The molecule has 0 aliphatic rings. The maximum Gasteiger partial charge on any atom is 0.410 e. The molecule has 0 fully saturated rings. The molecule has 0 radical (unpaired) electrons. The van der Waals surface area contributed by atoms with Gasteiger partial charge in [0.25, 0.3) is 0 Å². The van der Waals surface area contributed by atoms with E-state index in [0.717, 1.165) is 24.8 Å². The van der Waals surface area contributed by atoms with Gasteiger partial charge in [-0.2, -0.15) is 0 Å². The quantitative estimate of drug-likeness (QED) is 0.567. The molecule has 0 unspecified atom stereocenters. The lowest BCUT2D eigenvalue weighted by Gasteiger charge is -2.28. The number of hydrogen-bond acceptors (Lipinski definition) is 4. The van der Waals surface area contributed by atoms with Crippen molar-refractivity contribution >= 4 is 18.0 Å². The largest absolute Gasteiger partial charge is 0.480 e. The van der Waals surface area contributed by atoms with Gasteiger partial charge in [-0.3, -0.25) is 9.69 Å². The molecule has 2 N–H and O–H groups in total. The van der Waals surface area contributed by atoms with E-state index < -0.39 is 30.1 Å². The first kappa shape index (κ1) is 23.5. The maximum absolute atomic E-state index is 12.7. The average Bonchev–Trinajstić information content (AvgIpc) is 2.69. The molecule has 0 aliphatic heterocycles. The highest BCUT2D eigenvalue weighted by Gasteiger charge is 2.30. The van der Waals surface area contributed by atoms with Gasteiger partial charge in [-0.15, -0.1) is 0 Å². The molecule has 28 heavy (non-hydrogen) atoms. The van der Waals surface area contributed by atoms with Crippen molar-refractivity contribution in [3.05, 3.63) is 35.9 Å². The van der Waals surface area contributed by atoms with Crippen LogP contribution in [0.5, 0.6) is 0 Å². The Morgan fingerprint density at radius 1 is 1.07 bits per heavy atom. The molecule has 0 aromatic heterocycles. The van der Waals surface area contributed by atoms with Crippen molar-refractivity contribution in [2.24, 2.45) is 0 Å². The number of nitrogens with zero attached hydrogens (tertiary/aromatic N) is 1. The van der Waals surface area contributed by atoms with Crippen molar-refractivity contribution < 1.29 is 24.2 Å². The molecule has 156 valence electrons. The van der Waals surface area contributed by atoms with Crippen molar-refractivity contribution in [2.45, 2.75) is 71.1 Å². The normalized spacial score (nSPS) is 12.7. The molecular formula is C21H32N2O5. The predicted octanol–water partition coefficient (Wildman–Crippen LogP) is 3.57. The van der Waals surface area contributed by atoms with Crippen LogP contribution in [0, 0.1) is 0 Å². The van der Waals surface area contributed by atoms with Gasteiger partial charge in [0.1, 0.15) is 18.7 Å². The summed E-state index contributed by atoms with van der Waals surface area (Å²) in [6, 6.07) is 7.55. The average molecular weight is 392 g/mol. The summed E-state index contributed by atoms with van der Waals surface area (Å²) < 4.78 is 5.31. The first-order valence-corrected chi connectivity index (χ1v) is 9.87. The minimum atomic E-state index is -1.06. The Balaban J connectivity index is 2.75. The Kier molecular flexibility index (Phi) is 10.7.